The van der Waals surface area contributed by atoms with Crippen molar-refractivity contribution in [1.29, 1.82) is 0 Å². The van der Waals surface area contributed by atoms with Crippen molar-refractivity contribution < 1.29 is 24.1 Å². The zero-order valence-electron chi connectivity index (χ0n) is 11.9. The highest BCUT2D eigenvalue weighted by molar-refractivity contribution is 5.71. The van der Waals surface area contributed by atoms with Gasteiger partial charge in [0.15, 0.2) is 11.5 Å². The SMILES string of the molecule is COc1cccc(C2CC(C(=O)O)CN2)c1OC1COC1. The van der Waals surface area contributed by atoms with E-state index in [1.54, 1.807) is 7.11 Å². The smallest absolute Gasteiger partial charge is 0.307 e. The van der Waals surface area contributed by atoms with Crippen LogP contribution in [0.15, 0.2) is 18.2 Å². The molecule has 1 aromatic rings. The number of aliphatic carboxylic acids is 1. The third-order valence-corrected chi connectivity index (χ3v) is 3.98. The molecule has 2 heterocycles. The van der Waals surface area contributed by atoms with Gasteiger partial charge in [-0.1, -0.05) is 12.1 Å². The van der Waals surface area contributed by atoms with E-state index < -0.39 is 5.97 Å². The lowest BCUT2D eigenvalue weighted by molar-refractivity contribution is -0.141. The molecule has 1 aromatic carbocycles. The van der Waals surface area contributed by atoms with Crippen LogP contribution in [0.4, 0.5) is 0 Å². The lowest BCUT2D eigenvalue weighted by Crippen LogP contribution is -2.39. The van der Waals surface area contributed by atoms with E-state index in [1.165, 1.54) is 0 Å². The Labute approximate surface area is 123 Å². The number of carboxylic acid groups (broad SMARTS) is 1. The summed E-state index contributed by atoms with van der Waals surface area (Å²) in [5.41, 5.74) is 0.949. The van der Waals surface area contributed by atoms with Crippen LogP contribution in [0.1, 0.15) is 18.0 Å². The largest absolute Gasteiger partial charge is 0.493 e. The van der Waals surface area contributed by atoms with Crippen molar-refractivity contribution in [3.63, 3.8) is 0 Å². The number of carboxylic acids is 1. The highest BCUT2D eigenvalue weighted by atomic mass is 16.6. The number of ether oxygens (including phenoxy) is 3. The summed E-state index contributed by atoms with van der Waals surface area (Å²) in [7, 11) is 1.60. The van der Waals surface area contributed by atoms with Gasteiger partial charge in [-0.15, -0.1) is 0 Å². The molecule has 114 valence electrons. The number of methoxy groups -OCH3 is 1. The summed E-state index contributed by atoms with van der Waals surface area (Å²) in [6.07, 6.45) is 0.594. The van der Waals surface area contributed by atoms with Crippen LogP contribution >= 0.6 is 0 Å². The first-order chi connectivity index (χ1) is 10.2. The standard InChI is InChI=1S/C15H19NO5/c1-19-13-4-2-3-11(14(13)21-10-7-20-8-10)12-5-9(6-16-12)15(17)18/h2-4,9-10,12,16H,5-8H2,1H3,(H,17,18). The third-order valence-electron chi connectivity index (χ3n) is 3.98. The second kappa shape index (κ2) is 5.91. The van der Waals surface area contributed by atoms with Crippen molar-refractivity contribution in [3.05, 3.63) is 23.8 Å². The van der Waals surface area contributed by atoms with Crippen LogP contribution in [0.2, 0.25) is 0 Å². The summed E-state index contributed by atoms with van der Waals surface area (Å²) in [5, 5.41) is 12.4. The van der Waals surface area contributed by atoms with Crippen LogP contribution < -0.4 is 14.8 Å². The molecule has 3 rings (SSSR count). The molecule has 0 saturated carbocycles. The van der Waals surface area contributed by atoms with E-state index in [-0.39, 0.29) is 18.1 Å². The molecule has 0 spiro atoms. The quantitative estimate of drug-likeness (QED) is 0.849. The second-order valence-electron chi connectivity index (χ2n) is 5.39. The van der Waals surface area contributed by atoms with E-state index in [0.29, 0.717) is 37.7 Å². The minimum atomic E-state index is -0.761. The molecule has 21 heavy (non-hydrogen) atoms. The number of hydrogen-bond acceptors (Lipinski definition) is 5. The molecule has 0 aliphatic carbocycles. The average molecular weight is 293 g/mol. The van der Waals surface area contributed by atoms with E-state index in [1.807, 2.05) is 18.2 Å². The molecule has 0 amide bonds. The maximum absolute atomic E-state index is 11.1. The van der Waals surface area contributed by atoms with Crippen molar-refractivity contribution in [2.75, 3.05) is 26.9 Å². The van der Waals surface area contributed by atoms with Gasteiger partial charge in [-0.3, -0.25) is 4.79 Å². The van der Waals surface area contributed by atoms with Crippen molar-refractivity contribution in [1.82, 2.24) is 5.32 Å². The molecule has 0 radical (unpaired) electrons. The zero-order chi connectivity index (χ0) is 14.8. The molecule has 2 atom stereocenters. The maximum Gasteiger partial charge on any atom is 0.307 e. The Kier molecular flexibility index (Phi) is 3.98. The topological polar surface area (TPSA) is 77.0 Å². The van der Waals surface area contributed by atoms with Crippen molar-refractivity contribution in [2.24, 2.45) is 5.92 Å². The van der Waals surface area contributed by atoms with Crippen molar-refractivity contribution in [3.8, 4) is 11.5 Å². The minimum Gasteiger partial charge on any atom is -0.493 e. The minimum absolute atomic E-state index is 0.0304. The van der Waals surface area contributed by atoms with Crippen LogP contribution in [-0.2, 0) is 9.53 Å². The summed E-state index contributed by atoms with van der Waals surface area (Å²) in [4.78, 5) is 11.1. The van der Waals surface area contributed by atoms with Gasteiger partial charge in [-0.2, -0.15) is 0 Å². The number of benzene rings is 1. The molecule has 2 N–H and O–H groups in total. The lowest BCUT2D eigenvalue weighted by atomic mass is 9.99. The molecule has 2 unspecified atom stereocenters. The van der Waals surface area contributed by atoms with Crippen LogP contribution in [0.3, 0.4) is 0 Å². The van der Waals surface area contributed by atoms with Gasteiger partial charge in [-0.05, 0) is 12.5 Å². The molecule has 2 aliphatic rings. The van der Waals surface area contributed by atoms with Crippen LogP contribution in [0.25, 0.3) is 0 Å². The fourth-order valence-corrected chi connectivity index (χ4v) is 2.70. The first-order valence-electron chi connectivity index (χ1n) is 7.06. The molecular formula is C15H19NO5. The van der Waals surface area contributed by atoms with Gasteiger partial charge in [0.1, 0.15) is 6.10 Å². The van der Waals surface area contributed by atoms with E-state index >= 15 is 0 Å². The fourth-order valence-electron chi connectivity index (χ4n) is 2.70. The maximum atomic E-state index is 11.1. The van der Waals surface area contributed by atoms with Crippen molar-refractivity contribution in [2.45, 2.75) is 18.6 Å². The third kappa shape index (κ3) is 2.82. The van der Waals surface area contributed by atoms with Crippen LogP contribution in [0.5, 0.6) is 11.5 Å². The zero-order valence-corrected chi connectivity index (χ0v) is 11.9. The molecule has 2 aliphatic heterocycles. The Morgan fingerprint density at radius 2 is 2.24 bits per heavy atom. The highest BCUT2D eigenvalue weighted by Gasteiger charge is 2.33. The summed E-state index contributed by atoms with van der Waals surface area (Å²) in [6.45, 7) is 1.63. The van der Waals surface area contributed by atoms with Crippen molar-refractivity contribution >= 4 is 5.97 Å². The molecule has 2 saturated heterocycles. The molecule has 6 nitrogen and oxygen atoms in total. The molecular weight excluding hydrogens is 274 g/mol. The summed E-state index contributed by atoms with van der Waals surface area (Å²) >= 11 is 0. The van der Waals surface area contributed by atoms with Gasteiger partial charge in [0, 0.05) is 18.2 Å². The van der Waals surface area contributed by atoms with Gasteiger partial charge in [-0.25, -0.2) is 0 Å². The van der Waals surface area contributed by atoms with Crippen LogP contribution in [-0.4, -0.2) is 44.0 Å². The molecule has 2 fully saturated rings. The van der Waals surface area contributed by atoms with Gasteiger partial charge in [0.2, 0.25) is 0 Å². The Bertz CT molecular complexity index is 529. The first kappa shape index (κ1) is 14.2. The van der Waals surface area contributed by atoms with E-state index in [4.69, 9.17) is 19.3 Å². The Morgan fingerprint density at radius 3 is 2.81 bits per heavy atom. The number of rotatable bonds is 5. The monoisotopic (exact) mass is 293 g/mol. The van der Waals surface area contributed by atoms with Gasteiger partial charge in [0.25, 0.3) is 0 Å². The number of nitrogens with one attached hydrogen (secondary N) is 1. The average Bonchev–Trinajstić information content (AvgIpc) is 2.92. The van der Waals surface area contributed by atoms with E-state index in [2.05, 4.69) is 5.32 Å². The highest BCUT2D eigenvalue weighted by Crippen LogP contribution is 2.40. The predicted octanol–water partition coefficient (Wildman–Crippen LogP) is 1.21. The van der Waals surface area contributed by atoms with Gasteiger partial charge >= 0.3 is 5.97 Å². The molecule has 0 aromatic heterocycles. The lowest BCUT2D eigenvalue weighted by Gasteiger charge is -2.29. The predicted molar refractivity (Wildman–Crippen MR) is 74.7 cm³/mol. The number of hydrogen-bond donors (Lipinski definition) is 2. The van der Waals surface area contributed by atoms with E-state index in [9.17, 15) is 4.79 Å². The summed E-state index contributed by atoms with van der Waals surface area (Å²) in [6, 6.07) is 5.67. The Balaban J connectivity index is 1.85. The fraction of sp³-hybridized carbons (Fsp3) is 0.533. The summed E-state index contributed by atoms with van der Waals surface area (Å²) in [5.74, 6) is 0.237. The van der Waals surface area contributed by atoms with Gasteiger partial charge in [0.05, 0.1) is 26.2 Å². The van der Waals surface area contributed by atoms with Crippen LogP contribution in [0, 0.1) is 5.92 Å². The molecule has 0 bridgehead atoms. The first-order valence-corrected chi connectivity index (χ1v) is 7.06. The number of carbonyl (C=O) groups is 1. The Hall–Kier alpha value is -1.79. The Morgan fingerprint density at radius 1 is 1.43 bits per heavy atom. The number of para-hydroxylation sites is 1. The summed E-state index contributed by atoms with van der Waals surface area (Å²) < 4.78 is 16.5. The second-order valence-corrected chi connectivity index (χ2v) is 5.39. The van der Waals surface area contributed by atoms with Gasteiger partial charge < -0.3 is 24.6 Å². The normalized spacial score (nSPS) is 25.4. The molecule has 6 heteroatoms. The van der Waals surface area contributed by atoms with E-state index in [0.717, 1.165) is 5.56 Å².